The molecule has 0 spiro atoms. The van der Waals surface area contributed by atoms with E-state index in [1.54, 1.807) is 0 Å². The molecule has 0 aromatic carbocycles. The van der Waals surface area contributed by atoms with Gasteiger partial charge in [-0.05, 0) is 70.4 Å². The Morgan fingerprint density at radius 3 is 1.21 bits per heavy atom. The van der Waals surface area contributed by atoms with Crippen molar-refractivity contribution in [1.82, 2.24) is 14.7 Å². The van der Waals surface area contributed by atoms with Crippen molar-refractivity contribution >= 4 is 12.2 Å². The molecule has 0 heterocycles. The van der Waals surface area contributed by atoms with Crippen LogP contribution in [0.4, 0.5) is 9.59 Å². The zero-order valence-electron chi connectivity index (χ0n) is 35.0. The van der Waals surface area contributed by atoms with Gasteiger partial charge in [0.05, 0.1) is 19.8 Å². The van der Waals surface area contributed by atoms with Crippen molar-refractivity contribution in [2.45, 2.75) is 201 Å². The molecule has 0 radical (unpaired) electrons. The molecule has 52 heavy (non-hydrogen) atoms. The van der Waals surface area contributed by atoms with Gasteiger partial charge in [0.25, 0.3) is 0 Å². The van der Waals surface area contributed by atoms with Gasteiger partial charge in [0.15, 0.2) is 0 Å². The Balaban J connectivity index is 4.29. The molecule has 0 aromatic heterocycles. The third kappa shape index (κ3) is 32.7. The van der Waals surface area contributed by atoms with E-state index in [2.05, 4.69) is 44.9 Å². The van der Waals surface area contributed by atoms with Crippen LogP contribution in [0.3, 0.4) is 0 Å². The number of rotatable bonds is 39. The second-order valence-corrected chi connectivity index (χ2v) is 14.9. The van der Waals surface area contributed by atoms with Crippen LogP contribution in [-0.2, 0) is 9.47 Å². The molecule has 1 N–H and O–H groups in total. The van der Waals surface area contributed by atoms with Gasteiger partial charge in [0, 0.05) is 39.3 Å². The van der Waals surface area contributed by atoms with E-state index < -0.39 is 0 Å². The van der Waals surface area contributed by atoms with E-state index in [0.29, 0.717) is 19.8 Å². The summed E-state index contributed by atoms with van der Waals surface area (Å²) in [6, 6.07) is 0. The lowest BCUT2D eigenvalue weighted by molar-refractivity contribution is 0.0983. The smallest absolute Gasteiger partial charge is 0.409 e. The molecule has 0 aliphatic heterocycles. The lowest BCUT2D eigenvalue weighted by Gasteiger charge is -2.22. The molecule has 0 unspecified atom stereocenters. The summed E-state index contributed by atoms with van der Waals surface area (Å²) in [5, 5.41) is 9.56. The van der Waals surface area contributed by atoms with Gasteiger partial charge in [-0.1, -0.05) is 143 Å². The van der Waals surface area contributed by atoms with Crippen molar-refractivity contribution < 1.29 is 24.2 Å². The summed E-state index contributed by atoms with van der Waals surface area (Å²) < 4.78 is 11.4. The van der Waals surface area contributed by atoms with Gasteiger partial charge in [-0.25, -0.2) is 9.59 Å². The van der Waals surface area contributed by atoms with Gasteiger partial charge >= 0.3 is 12.2 Å². The first-order valence-corrected chi connectivity index (χ1v) is 22.4. The molecule has 0 aliphatic carbocycles. The van der Waals surface area contributed by atoms with Crippen molar-refractivity contribution in [1.29, 1.82) is 0 Å². The van der Waals surface area contributed by atoms with Gasteiger partial charge in [-0.3, -0.25) is 0 Å². The second kappa shape index (κ2) is 40.2. The highest BCUT2D eigenvalue weighted by Crippen LogP contribution is 2.12. The highest BCUT2D eigenvalue weighted by atomic mass is 16.6. The van der Waals surface area contributed by atoms with Crippen molar-refractivity contribution in [3.63, 3.8) is 0 Å². The Bertz CT molecular complexity index is 796. The van der Waals surface area contributed by atoms with E-state index >= 15 is 0 Å². The number of nitrogens with zero attached hydrogens (tertiary/aromatic N) is 3. The molecular formula is C44H87N3O5. The number of carbonyl (C=O) groups excluding carboxylic acids is 2. The number of aliphatic hydroxyl groups is 1. The van der Waals surface area contributed by atoms with Gasteiger partial charge in [-0.2, -0.15) is 0 Å². The highest BCUT2D eigenvalue weighted by molar-refractivity contribution is 5.67. The van der Waals surface area contributed by atoms with Crippen LogP contribution in [0.15, 0.2) is 12.3 Å². The minimum atomic E-state index is -0.142. The van der Waals surface area contributed by atoms with Gasteiger partial charge in [0.2, 0.25) is 0 Å². The predicted molar refractivity (Wildman–Crippen MR) is 221 cm³/mol. The maximum Gasteiger partial charge on any atom is 0.409 e. The Morgan fingerprint density at radius 2 is 0.788 bits per heavy atom. The third-order valence-corrected chi connectivity index (χ3v) is 9.90. The summed E-state index contributed by atoms with van der Waals surface area (Å²) >= 11 is 0. The van der Waals surface area contributed by atoms with E-state index in [1.807, 2.05) is 9.80 Å². The fourth-order valence-electron chi connectivity index (χ4n) is 6.46. The molecule has 308 valence electrons. The summed E-state index contributed by atoms with van der Waals surface area (Å²) in [6.07, 6.45) is 34.9. The summed E-state index contributed by atoms with van der Waals surface area (Å²) in [5.41, 5.74) is 0. The maximum atomic E-state index is 12.8. The van der Waals surface area contributed by atoms with Crippen molar-refractivity contribution in [3.8, 4) is 0 Å². The number of amides is 2. The van der Waals surface area contributed by atoms with Crippen LogP contribution >= 0.6 is 0 Å². The minimum Gasteiger partial charge on any atom is -0.449 e. The monoisotopic (exact) mass is 738 g/mol. The van der Waals surface area contributed by atoms with Crippen LogP contribution in [0, 0.1) is 0 Å². The summed E-state index contributed by atoms with van der Waals surface area (Å²) in [7, 11) is 0. The van der Waals surface area contributed by atoms with Crippen molar-refractivity contribution in [2.24, 2.45) is 0 Å². The standard InChI is InChI=1S/C44H87N3O5/c1-5-9-13-17-19-29-37-46(35-27-15-11-7-3)43(49)51-41-31-23-21-25-33-45(39-40-48)34-26-22-24-32-42-52-44(50)47(36-28-16-12-8-4)38-30-20-18-14-10-6-2/h25,33,48H,5-24,26-32,34-42H2,1-4H3/b33-25+. The number of hydrogen-bond donors (Lipinski definition) is 1. The Morgan fingerprint density at radius 1 is 0.442 bits per heavy atom. The molecule has 0 saturated carbocycles. The Kier molecular flexibility index (Phi) is 38.7. The zero-order valence-corrected chi connectivity index (χ0v) is 35.0. The van der Waals surface area contributed by atoms with E-state index in [9.17, 15) is 14.7 Å². The number of hydrogen-bond acceptors (Lipinski definition) is 6. The molecule has 0 saturated heterocycles. The summed E-state index contributed by atoms with van der Waals surface area (Å²) in [5.74, 6) is 0. The quantitative estimate of drug-likeness (QED) is 0.0633. The van der Waals surface area contributed by atoms with Gasteiger partial charge < -0.3 is 29.3 Å². The molecule has 8 heteroatoms. The number of unbranched alkanes of at least 4 members (excludes halogenated alkanes) is 21. The van der Waals surface area contributed by atoms with Crippen LogP contribution < -0.4 is 0 Å². The number of allylic oxidation sites excluding steroid dienone is 1. The lowest BCUT2D eigenvalue weighted by atomic mass is 10.1. The average Bonchev–Trinajstić information content (AvgIpc) is 3.14. The zero-order chi connectivity index (χ0) is 38.2. The van der Waals surface area contributed by atoms with Gasteiger partial charge in [0.1, 0.15) is 0 Å². The van der Waals surface area contributed by atoms with Crippen LogP contribution in [0.5, 0.6) is 0 Å². The van der Waals surface area contributed by atoms with E-state index in [1.165, 1.54) is 103 Å². The van der Waals surface area contributed by atoms with Crippen LogP contribution in [0.25, 0.3) is 0 Å². The molecule has 2 amide bonds. The molecule has 0 aromatic rings. The Hall–Kier alpha value is -1.96. The molecule has 0 fully saturated rings. The third-order valence-electron chi connectivity index (χ3n) is 9.90. The van der Waals surface area contributed by atoms with E-state index in [4.69, 9.17) is 9.47 Å². The first-order valence-electron chi connectivity index (χ1n) is 22.4. The molecule has 8 nitrogen and oxygen atoms in total. The second-order valence-electron chi connectivity index (χ2n) is 14.9. The highest BCUT2D eigenvalue weighted by Gasteiger charge is 2.15. The van der Waals surface area contributed by atoms with Crippen LogP contribution in [0.1, 0.15) is 201 Å². The fraction of sp³-hybridized carbons (Fsp3) is 0.909. The van der Waals surface area contributed by atoms with Crippen LogP contribution in [-0.4, -0.2) is 91.1 Å². The lowest BCUT2D eigenvalue weighted by Crippen LogP contribution is -2.33. The molecule has 0 atom stereocenters. The Labute approximate surface area is 322 Å². The number of ether oxygens (including phenoxy) is 2. The van der Waals surface area contributed by atoms with Crippen molar-refractivity contribution in [3.05, 3.63) is 12.3 Å². The fourth-order valence-corrected chi connectivity index (χ4v) is 6.46. The SMILES string of the molecule is CCCCCCCCN(CCCCCC)C(=O)OCCCC/C=C/N(CCO)CCCCCCOC(=O)N(CCCCCC)CCCCCCCC. The summed E-state index contributed by atoms with van der Waals surface area (Å²) in [6.45, 7) is 14.8. The van der Waals surface area contributed by atoms with Crippen LogP contribution in [0.2, 0.25) is 0 Å². The number of aliphatic hydroxyl groups excluding tert-OH is 1. The van der Waals surface area contributed by atoms with Gasteiger partial charge in [-0.15, -0.1) is 0 Å². The van der Waals surface area contributed by atoms with Crippen molar-refractivity contribution in [2.75, 3.05) is 59.1 Å². The van der Waals surface area contributed by atoms with E-state index in [-0.39, 0.29) is 18.8 Å². The number of carbonyl (C=O) groups is 2. The average molecular weight is 738 g/mol. The molecule has 0 bridgehead atoms. The summed E-state index contributed by atoms with van der Waals surface area (Å²) in [4.78, 5) is 31.7. The predicted octanol–water partition coefficient (Wildman–Crippen LogP) is 12.3. The first-order chi connectivity index (χ1) is 25.5. The molecular weight excluding hydrogens is 650 g/mol. The normalized spacial score (nSPS) is 11.3. The first kappa shape index (κ1) is 50.0. The largest absolute Gasteiger partial charge is 0.449 e. The minimum absolute atomic E-state index is 0.134. The maximum absolute atomic E-state index is 12.8. The van der Waals surface area contributed by atoms with E-state index in [0.717, 1.165) is 103 Å². The topological polar surface area (TPSA) is 82.5 Å². The molecule has 0 rings (SSSR count). The molecule has 0 aliphatic rings.